The quantitative estimate of drug-likeness (QED) is 0.925. The number of nitrogens with zero attached hydrogens (tertiary/aromatic N) is 2. The second-order valence-electron chi connectivity index (χ2n) is 6.52. The fraction of sp³-hybridized carbons (Fsp3) is 0.733. The van der Waals surface area contributed by atoms with Gasteiger partial charge in [-0.05, 0) is 46.6 Å². The number of likely N-dealkylation sites (tertiary alicyclic amines) is 1. The van der Waals surface area contributed by atoms with E-state index in [-0.39, 0.29) is 12.0 Å². The lowest BCUT2D eigenvalue weighted by atomic mass is 9.93. The van der Waals surface area contributed by atoms with Gasteiger partial charge in [-0.15, -0.1) is 0 Å². The Hall–Kier alpha value is -1.56. The van der Waals surface area contributed by atoms with Crippen molar-refractivity contribution in [3.8, 4) is 0 Å². The van der Waals surface area contributed by atoms with Crippen LogP contribution >= 0.6 is 0 Å². The van der Waals surface area contributed by atoms with Gasteiger partial charge in [0, 0.05) is 24.6 Å². The molecule has 0 bridgehead atoms. The van der Waals surface area contributed by atoms with E-state index >= 15 is 0 Å². The normalized spacial score (nSPS) is 19.6. The zero-order chi connectivity index (χ0) is 15.5. The summed E-state index contributed by atoms with van der Waals surface area (Å²) in [4.78, 5) is 13.9. The maximum absolute atomic E-state index is 12.2. The van der Waals surface area contributed by atoms with Crippen LogP contribution in [0, 0.1) is 0 Å². The summed E-state index contributed by atoms with van der Waals surface area (Å²) >= 11 is 0. The number of hydrogen-bond donors (Lipinski definition) is 1. The van der Waals surface area contributed by atoms with Crippen molar-refractivity contribution in [1.82, 2.24) is 10.1 Å². The zero-order valence-corrected chi connectivity index (χ0v) is 13.1. The van der Waals surface area contributed by atoms with E-state index in [2.05, 4.69) is 5.16 Å². The maximum atomic E-state index is 12.2. The molecule has 1 aliphatic rings. The van der Waals surface area contributed by atoms with E-state index in [0.717, 1.165) is 37.1 Å². The maximum Gasteiger partial charge on any atom is 0.410 e. The standard InChI is InChI=1S/C15H25N3O3/c1-15(2,3)20-14(19)18-8-4-5-12(10-18)13-11(6-7-16)9-17-21-13/h9,12H,4-8,10,16H2,1-3H3. The monoisotopic (exact) mass is 295 g/mol. The molecule has 2 N–H and O–H groups in total. The zero-order valence-electron chi connectivity index (χ0n) is 13.1. The Bertz CT molecular complexity index is 479. The minimum atomic E-state index is -0.471. The molecule has 118 valence electrons. The molecular formula is C15H25N3O3. The van der Waals surface area contributed by atoms with Crippen molar-refractivity contribution in [3.05, 3.63) is 17.5 Å². The molecule has 1 aromatic heterocycles. The van der Waals surface area contributed by atoms with Gasteiger partial charge in [-0.1, -0.05) is 5.16 Å². The van der Waals surface area contributed by atoms with E-state index in [1.807, 2.05) is 20.8 Å². The van der Waals surface area contributed by atoms with Crippen molar-refractivity contribution in [1.29, 1.82) is 0 Å². The second-order valence-corrected chi connectivity index (χ2v) is 6.52. The molecule has 2 heterocycles. The first kappa shape index (κ1) is 15.8. The summed E-state index contributed by atoms with van der Waals surface area (Å²) in [7, 11) is 0. The van der Waals surface area contributed by atoms with Crippen LogP contribution in [0.4, 0.5) is 4.79 Å². The van der Waals surface area contributed by atoms with Gasteiger partial charge >= 0.3 is 6.09 Å². The number of rotatable bonds is 3. The molecule has 1 atom stereocenters. The summed E-state index contributed by atoms with van der Waals surface area (Å²) in [5.41, 5.74) is 6.19. The van der Waals surface area contributed by atoms with Crippen LogP contribution in [-0.2, 0) is 11.2 Å². The van der Waals surface area contributed by atoms with Crippen molar-refractivity contribution >= 4 is 6.09 Å². The Labute approximate surface area is 125 Å². The van der Waals surface area contributed by atoms with Gasteiger partial charge in [0.05, 0.1) is 6.20 Å². The number of ether oxygens (including phenoxy) is 1. The smallest absolute Gasteiger partial charge is 0.410 e. The lowest BCUT2D eigenvalue weighted by molar-refractivity contribution is 0.0190. The third-order valence-corrected chi connectivity index (χ3v) is 3.53. The van der Waals surface area contributed by atoms with E-state index < -0.39 is 5.60 Å². The molecule has 6 heteroatoms. The van der Waals surface area contributed by atoms with Gasteiger partial charge in [0.25, 0.3) is 0 Å². The van der Waals surface area contributed by atoms with Gasteiger partial charge in [-0.25, -0.2) is 4.79 Å². The summed E-state index contributed by atoms with van der Waals surface area (Å²) in [6.45, 7) is 7.54. The van der Waals surface area contributed by atoms with Gasteiger partial charge in [0.15, 0.2) is 0 Å². The van der Waals surface area contributed by atoms with Gasteiger partial charge < -0.3 is 19.9 Å². The van der Waals surface area contributed by atoms with E-state index in [9.17, 15) is 4.79 Å². The minimum Gasteiger partial charge on any atom is -0.444 e. The molecule has 0 saturated carbocycles. The fourth-order valence-electron chi connectivity index (χ4n) is 2.63. The van der Waals surface area contributed by atoms with Gasteiger partial charge in [-0.2, -0.15) is 0 Å². The van der Waals surface area contributed by atoms with E-state index in [4.69, 9.17) is 15.0 Å². The number of hydrogen-bond acceptors (Lipinski definition) is 5. The van der Waals surface area contributed by atoms with Crippen LogP contribution in [0.15, 0.2) is 10.7 Å². The van der Waals surface area contributed by atoms with Crippen molar-refractivity contribution in [2.24, 2.45) is 5.73 Å². The highest BCUT2D eigenvalue weighted by molar-refractivity contribution is 5.68. The SMILES string of the molecule is CC(C)(C)OC(=O)N1CCCC(c2oncc2CCN)C1. The highest BCUT2D eigenvalue weighted by atomic mass is 16.6. The predicted octanol–water partition coefficient (Wildman–Crippen LogP) is 2.29. The molecule has 1 amide bonds. The van der Waals surface area contributed by atoms with Gasteiger partial charge in [-0.3, -0.25) is 0 Å². The molecular weight excluding hydrogens is 270 g/mol. The van der Waals surface area contributed by atoms with Crippen molar-refractivity contribution in [2.45, 2.75) is 51.6 Å². The van der Waals surface area contributed by atoms with Crippen LogP contribution in [0.25, 0.3) is 0 Å². The number of carbonyl (C=O) groups is 1. The number of carbonyl (C=O) groups excluding carboxylic acids is 1. The highest BCUT2D eigenvalue weighted by Gasteiger charge is 2.31. The van der Waals surface area contributed by atoms with Crippen LogP contribution < -0.4 is 5.73 Å². The van der Waals surface area contributed by atoms with E-state index in [0.29, 0.717) is 13.1 Å². The number of piperidine rings is 1. The van der Waals surface area contributed by atoms with E-state index in [1.165, 1.54) is 0 Å². The molecule has 0 aliphatic carbocycles. The van der Waals surface area contributed by atoms with Crippen LogP contribution in [0.2, 0.25) is 0 Å². The third-order valence-electron chi connectivity index (χ3n) is 3.53. The topological polar surface area (TPSA) is 81.6 Å². The molecule has 1 saturated heterocycles. The van der Waals surface area contributed by atoms with Gasteiger partial charge in [0.2, 0.25) is 0 Å². The van der Waals surface area contributed by atoms with E-state index in [1.54, 1.807) is 11.1 Å². The lowest BCUT2D eigenvalue weighted by Gasteiger charge is -2.33. The van der Waals surface area contributed by atoms with Crippen LogP contribution in [-0.4, -0.2) is 41.4 Å². The molecule has 0 aromatic carbocycles. The summed E-state index contributed by atoms with van der Waals surface area (Å²) in [6, 6.07) is 0. The van der Waals surface area contributed by atoms with Gasteiger partial charge in [0.1, 0.15) is 11.4 Å². The molecule has 1 aromatic rings. The molecule has 0 radical (unpaired) electrons. The van der Waals surface area contributed by atoms with Crippen molar-refractivity contribution < 1.29 is 14.1 Å². The Balaban J connectivity index is 2.03. The Morgan fingerprint density at radius 2 is 2.33 bits per heavy atom. The molecule has 1 unspecified atom stereocenters. The number of nitrogens with two attached hydrogens (primary N) is 1. The first-order chi connectivity index (χ1) is 9.90. The van der Waals surface area contributed by atoms with Crippen LogP contribution in [0.1, 0.15) is 50.9 Å². The summed E-state index contributed by atoms with van der Waals surface area (Å²) < 4.78 is 10.8. The first-order valence-corrected chi connectivity index (χ1v) is 7.52. The predicted molar refractivity (Wildman–Crippen MR) is 79.0 cm³/mol. The fourth-order valence-corrected chi connectivity index (χ4v) is 2.63. The summed E-state index contributed by atoms with van der Waals surface area (Å²) in [5, 5.41) is 3.88. The average molecular weight is 295 g/mol. The molecule has 1 aliphatic heterocycles. The van der Waals surface area contributed by atoms with Crippen LogP contribution in [0.5, 0.6) is 0 Å². The molecule has 6 nitrogen and oxygen atoms in total. The molecule has 2 rings (SSSR count). The molecule has 1 fully saturated rings. The second kappa shape index (κ2) is 6.47. The first-order valence-electron chi connectivity index (χ1n) is 7.52. The Morgan fingerprint density at radius 1 is 1.57 bits per heavy atom. The largest absolute Gasteiger partial charge is 0.444 e. The van der Waals surface area contributed by atoms with Crippen LogP contribution in [0.3, 0.4) is 0 Å². The van der Waals surface area contributed by atoms with Crippen molar-refractivity contribution in [2.75, 3.05) is 19.6 Å². The average Bonchev–Trinajstić information content (AvgIpc) is 2.86. The Kier molecular flexibility index (Phi) is 4.88. The molecule has 21 heavy (non-hydrogen) atoms. The minimum absolute atomic E-state index is 0.176. The Morgan fingerprint density at radius 3 is 3.00 bits per heavy atom. The highest BCUT2D eigenvalue weighted by Crippen LogP contribution is 2.30. The van der Waals surface area contributed by atoms with Crippen molar-refractivity contribution in [3.63, 3.8) is 0 Å². The summed E-state index contributed by atoms with van der Waals surface area (Å²) in [6.07, 6.45) is 4.15. The molecule has 0 spiro atoms. The summed E-state index contributed by atoms with van der Waals surface area (Å²) in [5.74, 6) is 1.05. The third kappa shape index (κ3) is 4.20. The number of aromatic nitrogens is 1. The number of amides is 1. The lowest BCUT2D eigenvalue weighted by Crippen LogP contribution is -2.42.